The number of nitrogens with one attached hydrogen (secondary N) is 1. The number of nitrogens with zero attached hydrogens (tertiary/aromatic N) is 6. The summed E-state index contributed by atoms with van der Waals surface area (Å²) in [4.78, 5) is 31.3. The number of anilines is 2. The molecule has 0 aliphatic carbocycles. The van der Waals surface area contributed by atoms with Crippen LogP contribution in [-0.4, -0.2) is 56.5 Å². The average molecular weight is 509 g/mol. The first-order chi connectivity index (χ1) is 17.7. The Morgan fingerprint density at radius 3 is 2.73 bits per heavy atom. The molecule has 1 amide bonds. The zero-order chi connectivity index (χ0) is 26.2. The zero-order valence-corrected chi connectivity index (χ0v) is 20.4. The molecule has 0 bridgehead atoms. The molecular weight excluding hydrogens is 482 g/mol. The fourth-order valence-corrected chi connectivity index (χ4v) is 4.34. The topological polar surface area (TPSA) is 124 Å². The van der Waals surface area contributed by atoms with Gasteiger partial charge < -0.3 is 25.3 Å². The van der Waals surface area contributed by atoms with Crippen LogP contribution in [0, 0.1) is 6.92 Å². The molecule has 1 aliphatic heterocycles. The lowest BCUT2D eigenvalue weighted by atomic mass is 10.1. The van der Waals surface area contributed by atoms with Crippen molar-refractivity contribution in [3.05, 3.63) is 65.6 Å². The molecule has 192 valence electrons. The first-order valence-electron chi connectivity index (χ1n) is 11.7. The van der Waals surface area contributed by atoms with E-state index in [-0.39, 0.29) is 43.6 Å². The Morgan fingerprint density at radius 1 is 1.24 bits per heavy atom. The number of pyridine rings is 1. The van der Waals surface area contributed by atoms with E-state index in [9.17, 15) is 13.6 Å². The third kappa shape index (κ3) is 5.13. The van der Waals surface area contributed by atoms with Crippen LogP contribution >= 0.6 is 0 Å². The van der Waals surface area contributed by atoms with E-state index in [0.717, 1.165) is 21.9 Å². The molecule has 4 heterocycles. The minimum absolute atomic E-state index is 0.197. The number of nitrogens with two attached hydrogens (primary N) is 1. The number of alkyl halides is 2. The molecule has 12 heteroatoms. The Morgan fingerprint density at radius 2 is 2.03 bits per heavy atom. The van der Waals surface area contributed by atoms with Crippen LogP contribution in [0.25, 0.3) is 10.8 Å². The van der Waals surface area contributed by atoms with E-state index >= 15 is 0 Å². The Hall–Kier alpha value is -4.35. The number of amides is 1. The molecule has 0 atom stereocenters. The van der Waals surface area contributed by atoms with Crippen LogP contribution < -0.4 is 20.7 Å². The monoisotopic (exact) mass is 508 g/mol. The van der Waals surface area contributed by atoms with Crippen molar-refractivity contribution < 1.29 is 18.3 Å². The molecule has 0 radical (unpaired) electrons. The van der Waals surface area contributed by atoms with Gasteiger partial charge in [0.15, 0.2) is 0 Å². The van der Waals surface area contributed by atoms with Gasteiger partial charge in [0.05, 0.1) is 20.2 Å². The van der Waals surface area contributed by atoms with Crippen molar-refractivity contribution in [2.45, 2.75) is 32.4 Å². The second-order valence-electron chi connectivity index (χ2n) is 8.98. The van der Waals surface area contributed by atoms with E-state index in [1.807, 2.05) is 16.7 Å². The first-order valence-corrected chi connectivity index (χ1v) is 11.7. The fraction of sp³-hybridized carbons (Fsp3) is 0.320. The van der Waals surface area contributed by atoms with E-state index in [4.69, 9.17) is 10.5 Å². The van der Waals surface area contributed by atoms with Gasteiger partial charge in [-0.25, -0.2) is 28.7 Å². The lowest BCUT2D eigenvalue weighted by Crippen LogP contribution is -2.26. The number of rotatable bonds is 7. The zero-order valence-electron chi connectivity index (χ0n) is 20.4. The van der Waals surface area contributed by atoms with Crippen molar-refractivity contribution in [1.82, 2.24) is 29.8 Å². The number of aromatic nitrogens is 5. The second-order valence-corrected chi connectivity index (χ2v) is 8.98. The molecule has 10 nitrogen and oxygen atoms in total. The number of nitrogen functional groups attached to an aromatic ring is 1. The molecule has 1 fully saturated rings. The number of halogens is 2. The van der Waals surface area contributed by atoms with Crippen molar-refractivity contribution in [1.29, 1.82) is 0 Å². The molecule has 1 aliphatic rings. The van der Waals surface area contributed by atoms with E-state index in [1.54, 1.807) is 44.9 Å². The van der Waals surface area contributed by atoms with Gasteiger partial charge >= 0.3 is 0 Å². The largest absolute Gasteiger partial charge is 0.496 e. The standard InChI is InChI=1S/C25H26F2N8O2/c1-15-33-20(13-35(15)12-16-9-31-24(32-10-16)34-6-4-25(26,27)14-34)23(36)30-11-18-7-17-3-5-29-22(28)19(17)8-21(18)37-2/h3,5,7-10,13H,4,6,11-12,14H2,1-2H3,(H2,28,29)(H,30,36). The summed E-state index contributed by atoms with van der Waals surface area (Å²) >= 11 is 0. The molecular formula is C25H26F2N8O2. The van der Waals surface area contributed by atoms with Crippen molar-refractivity contribution >= 4 is 28.4 Å². The number of carbonyl (C=O) groups is 1. The van der Waals surface area contributed by atoms with Crippen molar-refractivity contribution in [3.63, 3.8) is 0 Å². The van der Waals surface area contributed by atoms with Crippen LogP contribution in [0.3, 0.4) is 0 Å². The minimum atomic E-state index is -2.71. The van der Waals surface area contributed by atoms with Gasteiger partial charge in [0.2, 0.25) is 5.95 Å². The number of ether oxygens (including phenoxy) is 1. The molecule has 37 heavy (non-hydrogen) atoms. The Bertz CT molecular complexity index is 1460. The van der Waals surface area contributed by atoms with Gasteiger partial charge in [-0.1, -0.05) is 0 Å². The highest BCUT2D eigenvalue weighted by atomic mass is 19.3. The van der Waals surface area contributed by atoms with E-state index in [2.05, 4.69) is 25.3 Å². The number of aryl methyl sites for hydroxylation is 1. The maximum atomic E-state index is 13.5. The van der Waals surface area contributed by atoms with Gasteiger partial charge in [-0.05, 0) is 30.5 Å². The van der Waals surface area contributed by atoms with E-state index in [1.165, 1.54) is 4.90 Å². The van der Waals surface area contributed by atoms with Crippen LogP contribution in [-0.2, 0) is 13.1 Å². The summed E-state index contributed by atoms with van der Waals surface area (Å²) in [5, 5.41) is 4.56. The lowest BCUT2D eigenvalue weighted by molar-refractivity contribution is 0.0256. The van der Waals surface area contributed by atoms with Crippen LogP contribution in [0.1, 0.15) is 33.9 Å². The van der Waals surface area contributed by atoms with Gasteiger partial charge in [-0.2, -0.15) is 0 Å². The predicted molar refractivity (Wildman–Crippen MR) is 134 cm³/mol. The highest BCUT2D eigenvalue weighted by Crippen LogP contribution is 2.29. The Balaban J connectivity index is 1.25. The SMILES string of the molecule is COc1cc2c(N)nccc2cc1CNC(=O)c1cn(Cc2cnc(N3CCC(F)(F)C3)nc2)c(C)n1. The summed E-state index contributed by atoms with van der Waals surface area (Å²) in [6, 6.07) is 5.56. The van der Waals surface area contributed by atoms with Gasteiger partial charge in [-0.3, -0.25) is 4.79 Å². The number of fused-ring (bicyclic) bond motifs is 1. The summed E-state index contributed by atoms with van der Waals surface area (Å²) in [5.41, 5.74) is 7.78. The number of carbonyl (C=O) groups excluding carboxylic acids is 1. The normalized spacial score (nSPS) is 14.8. The molecule has 0 saturated carbocycles. The van der Waals surface area contributed by atoms with Crippen LogP contribution in [0.5, 0.6) is 5.75 Å². The van der Waals surface area contributed by atoms with Gasteiger partial charge in [0, 0.05) is 60.8 Å². The summed E-state index contributed by atoms with van der Waals surface area (Å²) in [6.45, 7) is 2.26. The Labute approximate surface area is 211 Å². The number of hydrogen-bond acceptors (Lipinski definition) is 8. The molecule has 3 N–H and O–H groups in total. The number of benzene rings is 1. The Kier molecular flexibility index (Phi) is 6.32. The average Bonchev–Trinajstić information content (AvgIpc) is 3.44. The highest BCUT2D eigenvalue weighted by molar-refractivity contribution is 5.94. The molecule has 0 spiro atoms. The number of hydrogen-bond donors (Lipinski definition) is 2. The molecule has 3 aromatic heterocycles. The van der Waals surface area contributed by atoms with Crippen LogP contribution in [0.4, 0.5) is 20.5 Å². The third-order valence-corrected chi connectivity index (χ3v) is 6.34. The summed E-state index contributed by atoms with van der Waals surface area (Å²) < 4.78 is 34.2. The summed E-state index contributed by atoms with van der Waals surface area (Å²) in [5.74, 6) is -1.12. The highest BCUT2D eigenvalue weighted by Gasteiger charge is 2.39. The fourth-order valence-electron chi connectivity index (χ4n) is 4.34. The van der Waals surface area contributed by atoms with Gasteiger partial charge in [0.25, 0.3) is 11.8 Å². The first kappa shape index (κ1) is 24.3. The molecule has 1 saturated heterocycles. The number of imidazole rings is 1. The smallest absolute Gasteiger partial charge is 0.271 e. The third-order valence-electron chi connectivity index (χ3n) is 6.34. The summed E-state index contributed by atoms with van der Waals surface area (Å²) in [6.07, 6.45) is 6.30. The van der Waals surface area contributed by atoms with Crippen LogP contribution in [0.15, 0.2) is 43.0 Å². The van der Waals surface area contributed by atoms with Crippen molar-refractivity contribution in [2.75, 3.05) is 30.8 Å². The van der Waals surface area contributed by atoms with E-state index < -0.39 is 5.92 Å². The van der Waals surface area contributed by atoms with Crippen molar-refractivity contribution in [3.8, 4) is 5.75 Å². The predicted octanol–water partition coefficient (Wildman–Crippen LogP) is 2.94. The minimum Gasteiger partial charge on any atom is -0.496 e. The maximum Gasteiger partial charge on any atom is 0.271 e. The molecule has 5 rings (SSSR count). The van der Waals surface area contributed by atoms with Crippen molar-refractivity contribution in [2.24, 2.45) is 0 Å². The molecule has 0 unspecified atom stereocenters. The molecule has 4 aromatic rings. The maximum absolute atomic E-state index is 13.5. The van der Waals surface area contributed by atoms with Gasteiger partial charge in [0.1, 0.15) is 23.1 Å². The lowest BCUT2D eigenvalue weighted by Gasteiger charge is -2.15. The summed E-state index contributed by atoms with van der Waals surface area (Å²) in [7, 11) is 1.56. The van der Waals surface area contributed by atoms with Crippen LogP contribution in [0.2, 0.25) is 0 Å². The number of methoxy groups -OCH3 is 1. The van der Waals surface area contributed by atoms with Gasteiger partial charge in [-0.15, -0.1) is 0 Å². The van der Waals surface area contributed by atoms with E-state index in [0.29, 0.717) is 23.9 Å². The molecule has 1 aromatic carbocycles. The quantitative estimate of drug-likeness (QED) is 0.391. The second kappa shape index (κ2) is 9.60.